The Morgan fingerprint density at radius 2 is 2.11 bits per heavy atom. The fourth-order valence-electron chi connectivity index (χ4n) is 3.78. The molecule has 27 heavy (non-hydrogen) atoms. The van der Waals surface area contributed by atoms with E-state index >= 15 is 0 Å². The van der Waals surface area contributed by atoms with Gasteiger partial charge in [-0.1, -0.05) is 30.7 Å². The van der Waals surface area contributed by atoms with E-state index in [1.807, 2.05) is 31.3 Å². The third-order valence-electron chi connectivity index (χ3n) is 5.47. The third-order valence-corrected chi connectivity index (χ3v) is 5.72. The number of hydrogen-bond donors (Lipinski definition) is 1. The van der Waals surface area contributed by atoms with Crippen molar-refractivity contribution >= 4 is 17.5 Å². The van der Waals surface area contributed by atoms with Gasteiger partial charge in [-0.25, -0.2) is 0 Å². The third kappa shape index (κ3) is 5.05. The summed E-state index contributed by atoms with van der Waals surface area (Å²) in [5.74, 6) is 1.03. The number of carbonyl (C=O) groups excluding carboxylic acids is 1. The second-order valence-corrected chi connectivity index (χ2v) is 7.81. The molecule has 0 aliphatic carbocycles. The highest BCUT2D eigenvalue weighted by Gasteiger charge is 2.28. The van der Waals surface area contributed by atoms with Crippen LogP contribution in [0.4, 0.5) is 0 Å². The molecule has 1 aliphatic heterocycles. The molecule has 1 aromatic heterocycles. The SMILES string of the molecule is CC(CC(=O)N(C)C(c1ccc(Cl)cc1)c1cnccn1)C1CCCNC1. The van der Waals surface area contributed by atoms with Gasteiger partial charge in [-0.15, -0.1) is 0 Å². The summed E-state index contributed by atoms with van der Waals surface area (Å²) >= 11 is 6.04. The standard InChI is InChI=1S/C21H27ClN4O/c1-15(17-4-3-9-23-13-17)12-20(27)26(2)21(19-14-24-10-11-25-19)16-5-7-18(22)8-6-16/h5-8,10-11,14-15,17,21,23H,3-4,9,12-13H2,1-2H3. The Kier molecular flexibility index (Phi) is 6.80. The van der Waals surface area contributed by atoms with E-state index in [1.54, 1.807) is 23.5 Å². The van der Waals surface area contributed by atoms with Crippen LogP contribution in [-0.2, 0) is 4.79 Å². The second-order valence-electron chi connectivity index (χ2n) is 7.38. The minimum Gasteiger partial charge on any atom is -0.333 e. The number of nitrogens with zero attached hydrogens (tertiary/aromatic N) is 3. The topological polar surface area (TPSA) is 58.1 Å². The molecule has 0 spiro atoms. The molecule has 1 fully saturated rings. The maximum Gasteiger partial charge on any atom is 0.223 e. The molecule has 3 unspecified atom stereocenters. The van der Waals surface area contributed by atoms with E-state index in [2.05, 4.69) is 22.2 Å². The molecule has 1 aromatic carbocycles. The van der Waals surface area contributed by atoms with E-state index in [1.165, 1.54) is 12.8 Å². The zero-order chi connectivity index (χ0) is 19.2. The molecule has 5 nitrogen and oxygen atoms in total. The molecule has 144 valence electrons. The van der Waals surface area contributed by atoms with Crippen LogP contribution in [0.1, 0.15) is 43.5 Å². The molecule has 1 N–H and O–H groups in total. The monoisotopic (exact) mass is 386 g/mol. The number of benzene rings is 1. The van der Waals surface area contributed by atoms with Crippen LogP contribution in [0.15, 0.2) is 42.9 Å². The van der Waals surface area contributed by atoms with Crippen LogP contribution >= 0.6 is 11.6 Å². The van der Waals surface area contributed by atoms with Crippen molar-refractivity contribution in [3.8, 4) is 0 Å². The number of nitrogens with one attached hydrogen (secondary N) is 1. The van der Waals surface area contributed by atoms with Crippen molar-refractivity contribution in [1.29, 1.82) is 0 Å². The van der Waals surface area contributed by atoms with Crippen LogP contribution < -0.4 is 5.32 Å². The van der Waals surface area contributed by atoms with Crippen molar-refractivity contribution in [1.82, 2.24) is 20.2 Å². The van der Waals surface area contributed by atoms with E-state index < -0.39 is 0 Å². The molecule has 0 saturated carbocycles. The van der Waals surface area contributed by atoms with Crippen LogP contribution in [0.25, 0.3) is 0 Å². The highest BCUT2D eigenvalue weighted by atomic mass is 35.5. The van der Waals surface area contributed by atoms with Gasteiger partial charge in [-0.3, -0.25) is 14.8 Å². The Morgan fingerprint density at radius 3 is 2.74 bits per heavy atom. The fourth-order valence-corrected chi connectivity index (χ4v) is 3.91. The molecule has 3 rings (SSSR count). The van der Waals surface area contributed by atoms with E-state index in [9.17, 15) is 4.79 Å². The Morgan fingerprint density at radius 1 is 1.33 bits per heavy atom. The Bertz CT molecular complexity index is 732. The largest absolute Gasteiger partial charge is 0.333 e. The van der Waals surface area contributed by atoms with Crippen molar-refractivity contribution in [2.75, 3.05) is 20.1 Å². The summed E-state index contributed by atoms with van der Waals surface area (Å²) < 4.78 is 0. The van der Waals surface area contributed by atoms with Crippen molar-refractivity contribution in [3.63, 3.8) is 0 Å². The van der Waals surface area contributed by atoms with Crippen molar-refractivity contribution in [2.45, 2.75) is 32.2 Å². The van der Waals surface area contributed by atoms with Gasteiger partial charge in [0.25, 0.3) is 0 Å². The molecule has 0 radical (unpaired) electrons. The van der Waals surface area contributed by atoms with Gasteiger partial charge in [0, 0.05) is 30.9 Å². The van der Waals surface area contributed by atoms with E-state index in [0.717, 1.165) is 24.3 Å². The van der Waals surface area contributed by atoms with Gasteiger partial charge in [0.15, 0.2) is 0 Å². The maximum atomic E-state index is 13.1. The summed E-state index contributed by atoms with van der Waals surface area (Å²) in [5.41, 5.74) is 1.73. The lowest BCUT2D eigenvalue weighted by molar-refractivity contribution is -0.132. The van der Waals surface area contributed by atoms with Crippen molar-refractivity contribution in [3.05, 3.63) is 59.1 Å². The first-order valence-corrected chi connectivity index (χ1v) is 9.92. The van der Waals surface area contributed by atoms with Gasteiger partial charge in [0.2, 0.25) is 5.91 Å². The van der Waals surface area contributed by atoms with Crippen LogP contribution in [0.3, 0.4) is 0 Å². The quantitative estimate of drug-likeness (QED) is 0.822. The molecule has 1 amide bonds. The van der Waals surface area contributed by atoms with Crippen LogP contribution in [0.2, 0.25) is 5.02 Å². The van der Waals surface area contributed by atoms with E-state index in [-0.39, 0.29) is 11.9 Å². The van der Waals surface area contributed by atoms with Crippen LogP contribution in [0, 0.1) is 11.8 Å². The summed E-state index contributed by atoms with van der Waals surface area (Å²) in [4.78, 5) is 23.5. The average molecular weight is 387 g/mol. The number of halogens is 1. The number of hydrogen-bond acceptors (Lipinski definition) is 4. The Hall–Kier alpha value is -1.98. The number of aromatic nitrogens is 2. The smallest absolute Gasteiger partial charge is 0.223 e. The number of rotatable bonds is 6. The Balaban J connectivity index is 1.78. The fraction of sp³-hybridized carbons (Fsp3) is 0.476. The summed E-state index contributed by atoms with van der Waals surface area (Å²) in [5, 5.41) is 4.11. The molecule has 2 aromatic rings. The van der Waals surface area contributed by atoms with Gasteiger partial charge < -0.3 is 10.2 Å². The van der Waals surface area contributed by atoms with E-state index in [0.29, 0.717) is 23.3 Å². The lowest BCUT2D eigenvalue weighted by Gasteiger charge is -2.32. The molecule has 0 bridgehead atoms. The molecular weight excluding hydrogens is 360 g/mol. The molecule has 6 heteroatoms. The summed E-state index contributed by atoms with van der Waals surface area (Å²) in [7, 11) is 1.85. The predicted molar refractivity (Wildman–Crippen MR) is 107 cm³/mol. The molecule has 3 atom stereocenters. The average Bonchev–Trinajstić information content (AvgIpc) is 2.71. The molecule has 1 saturated heterocycles. The summed E-state index contributed by atoms with van der Waals surface area (Å²) in [6.07, 6.45) is 7.93. The highest BCUT2D eigenvalue weighted by molar-refractivity contribution is 6.30. The minimum atomic E-state index is -0.278. The zero-order valence-corrected chi connectivity index (χ0v) is 16.7. The molecule has 2 heterocycles. The number of piperidine rings is 1. The van der Waals surface area contributed by atoms with Crippen LogP contribution in [-0.4, -0.2) is 40.9 Å². The zero-order valence-electron chi connectivity index (χ0n) is 15.9. The van der Waals surface area contributed by atoms with Crippen LogP contribution in [0.5, 0.6) is 0 Å². The predicted octanol–water partition coefficient (Wildman–Crippen LogP) is 3.70. The summed E-state index contributed by atoms with van der Waals surface area (Å²) in [6.45, 7) is 4.27. The second kappa shape index (κ2) is 9.29. The van der Waals surface area contributed by atoms with Gasteiger partial charge in [-0.05, 0) is 55.5 Å². The van der Waals surface area contributed by atoms with Crippen molar-refractivity contribution in [2.24, 2.45) is 11.8 Å². The summed E-state index contributed by atoms with van der Waals surface area (Å²) in [6, 6.07) is 7.30. The lowest BCUT2D eigenvalue weighted by Crippen LogP contribution is -2.37. The normalized spacial score (nSPS) is 19.3. The first kappa shape index (κ1) is 19.8. The van der Waals surface area contributed by atoms with Gasteiger partial charge in [-0.2, -0.15) is 0 Å². The highest BCUT2D eigenvalue weighted by Crippen LogP contribution is 2.29. The number of carbonyl (C=O) groups is 1. The first-order chi connectivity index (χ1) is 13.1. The molecule has 1 aliphatic rings. The maximum absolute atomic E-state index is 13.1. The van der Waals surface area contributed by atoms with Gasteiger partial charge in [0.1, 0.15) is 6.04 Å². The van der Waals surface area contributed by atoms with Gasteiger partial charge >= 0.3 is 0 Å². The molecular formula is C21H27ClN4O. The Labute approximate surface area is 166 Å². The number of amides is 1. The lowest BCUT2D eigenvalue weighted by atomic mass is 9.85. The minimum absolute atomic E-state index is 0.124. The van der Waals surface area contributed by atoms with E-state index in [4.69, 9.17) is 11.6 Å². The van der Waals surface area contributed by atoms with Crippen molar-refractivity contribution < 1.29 is 4.79 Å². The van der Waals surface area contributed by atoms with Gasteiger partial charge in [0.05, 0.1) is 11.9 Å². The first-order valence-electron chi connectivity index (χ1n) is 9.54.